The summed E-state index contributed by atoms with van der Waals surface area (Å²) in [5, 5.41) is 20.5. The summed E-state index contributed by atoms with van der Waals surface area (Å²) in [5.74, 6) is 0.736. The van der Waals surface area contributed by atoms with Crippen LogP contribution in [0.15, 0.2) is 17.5 Å². The number of hydrogen-bond donors (Lipinski definition) is 3. The van der Waals surface area contributed by atoms with Crippen molar-refractivity contribution >= 4 is 11.7 Å². The SMILES string of the molecule is NC(=NO)c1cnc(N2CCCN(CCO)CC2)cn1. The lowest BCUT2D eigenvalue weighted by molar-refractivity contribution is 0.204. The van der Waals surface area contributed by atoms with E-state index in [1.165, 1.54) is 6.20 Å². The van der Waals surface area contributed by atoms with Crippen LogP contribution in [0.1, 0.15) is 12.1 Å². The number of oxime groups is 1. The second-order valence-corrected chi connectivity index (χ2v) is 4.65. The summed E-state index contributed by atoms with van der Waals surface area (Å²) in [4.78, 5) is 12.8. The van der Waals surface area contributed by atoms with Gasteiger partial charge in [-0.15, -0.1) is 0 Å². The van der Waals surface area contributed by atoms with Gasteiger partial charge in [-0.05, 0) is 13.0 Å². The smallest absolute Gasteiger partial charge is 0.190 e. The molecule has 1 aromatic rings. The molecule has 8 heteroatoms. The van der Waals surface area contributed by atoms with Gasteiger partial charge >= 0.3 is 0 Å². The Balaban J connectivity index is 2.01. The monoisotopic (exact) mass is 280 g/mol. The second kappa shape index (κ2) is 7.01. The van der Waals surface area contributed by atoms with Gasteiger partial charge in [0.2, 0.25) is 0 Å². The van der Waals surface area contributed by atoms with E-state index in [-0.39, 0.29) is 12.4 Å². The van der Waals surface area contributed by atoms with E-state index >= 15 is 0 Å². The fraction of sp³-hybridized carbons (Fsp3) is 0.583. The molecule has 0 aromatic carbocycles. The Hall–Kier alpha value is -1.93. The summed E-state index contributed by atoms with van der Waals surface area (Å²) in [7, 11) is 0. The van der Waals surface area contributed by atoms with Crippen molar-refractivity contribution in [3.05, 3.63) is 18.1 Å². The van der Waals surface area contributed by atoms with Crippen molar-refractivity contribution in [3.63, 3.8) is 0 Å². The van der Waals surface area contributed by atoms with Crippen LogP contribution in [0.3, 0.4) is 0 Å². The van der Waals surface area contributed by atoms with Crippen LogP contribution in [0.25, 0.3) is 0 Å². The van der Waals surface area contributed by atoms with Gasteiger partial charge in [0.1, 0.15) is 11.5 Å². The summed E-state index contributed by atoms with van der Waals surface area (Å²) >= 11 is 0. The van der Waals surface area contributed by atoms with Crippen molar-refractivity contribution in [1.82, 2.24) is 14.9 Å². The highest BCUT2D eigenvalue weighted by molar-refractivity contribution is 5.94. The van der Waals surface area contributed by atoms with E-state index in [4.69, 9.17) is 16.0 Å². The van der Waals surface area contributed by atoms with E-state index in [2.05, 4.69) is 24.9 Å². The van der Waals surface area contributed by atoms with Gasteiger partial charge in [-0.3, -0.25) is 4.90 Å². The molecule has 0 saturated carbocycles. The first-order chi connectivity index (χ1) is 9.74. The van der Waals surface area contributed by atoms with Crippen LogP contribution < -0.4 is 10.6 Å². The third-order valence-electron chi connectivity index (χ3n) is 3.34. The Labute approximate surface area is 117 Å². The minimum atomic E-state index is -0.0472. The number of rotatable bonds is 4. The number of aliphatic hydroxyl groups excluding tert-OH is 1. The lowest BCUT2D eigenvalue weighted by Crippen LogP contribution is -2.32. The summed E-state index contributed by atoms with van der Waals surface area (Å²) in [6.07, 6.45) is 4.15. The van der Waals surface area contributed by atoms with Gasteiger partial charge in [-0.1, -0.05) is 5.16 Å². The number of aromatic nitrogens is 2. The highest BCUT2D eigenvalue weighted by Crippen LogP contribution is 2.12. The quantitative estimate of drug-likeness (QED) is 0.283. The number of nitrogens with zero attached hydrogens (tertiary/aromatic N) is 5. The van der Waals surface area contributed by atoms with Crippen LogP contribution in [0, 0.1) is 0 Å². The molecular formula is C12H20N6O2. The summed E-state index contributed by atoms with van der Waals surface area (Å²) in [6, 6.07) is 0. The molecule has 0 bridgehead atoms. The fourth-order valence-corrected chi connectivity index (χ4v) is 2.23. The van der Waals surface area contributed by atoms with Gasteiger partial charge in [0.25, 0.3) is 0 Å². The minimum Gasteiger partial charge on any atom is -0.409 e. The molecule has 0 atom stereocenters. The van der Waals surface area contributed by atoms with Gasteiger partial charge in [0.05, 0.1) is 19.0 Å². The zero-order chi connectivity index (χ0) is 14.4. The van der Waals surface area contributed by atoms with E-state index in [1.54, 1.807) is 6.20 Å². The Morgan fingerprint density at radius 2 is 2.10 bits per heavy atom. The van der Waals surface area contributed by atoms with Crippen LogP contribution >= 0.6 is 0 Å². The molecule has 110 valence electrons. The molecule has 1 saturated heterocycles. The maximum Gasteiger partial charge on any atom is 0.190 e. The van der Waals surface area contributed by atoms with Crippen LogP contribution in [0.4, 0.5) is 5.82 Å². The molecule has 0 aliphatic carbocycles. The van der Waals surface area contributed by atoms with Crippen molar-refractivity contribution in [2.75, 3.05) is 44.2 Å². The Bertz CT molecular complexity index is 450. The number of hydrogen-bond acceptors (Lipinski definition) is 7. The molecule has 0 amide bonds. The summed E-state index contributed by atoms with van der Waals surface area (Å²) in [5.41, 5.74) is 5.81. The van der Waals surface area contributed by atoms with Crippen LogP contribution in [-0.4, -0.2) is 70.3 Å². The van der Waals surface area contributed by atoms with Crippen molar-refractivity contribution in [2.24, 2.45) is 10.9 Å². The number of amidine groups is 1. The second-order valence-electron chi connectivity index (χ2n) is 4.65. The maximum absolute atomic E-state index is 8.98. The standard InChI is InChI=1S/C12H20N6O2/c13-12(16-20)10-8-15-11(9-14-10)18-3-1-2-17(4-5-18)6-7-19/h8-9,19-20H,1-7H2,(H2,13,16). The molecule has 2 rings (SSSR count). The van der Waals surface area contributed by atoms with E-state index < -0.39 is 0 Å². The lowest BCUT2D eigenvalue weighted by Gasteiger charge is -2.22. The maximum atomic E-state index is 8.98. The molecular weight excluding hydrogens is 260 g/mol. The van der Waals surface area contributed by atoms with E-state index in [9.17, 15) is 0 Å². The van der Waals surface area contributed by atoms with Gasteiger partial charge in [0.15, 0.2) is 5.84 Å². The number of anilines is 1. The van der Waals surface area contributed by atoms with Crippen molar-refractivity contribution in [3.8, 4) is 0 Å². The lowest BCUT2D eigenvalue weighted by atomic mass is 10.3. The van der Waals surface area contributed by atoms with E-state index in [1.807, 2.05) is 0 Å². The third-order valence-corrected chi connectivity index (χ3v) is 3.34. The molecule has 0 radical (unpaired) electrons. The Kier molecular flexibility index (Phi) is 5.08. The average Bonchev–Trinajstić information content (AvgIpc) is 2.73. The van der Waals surface area contributed by atoms with Gasteiger partial charge in [-0.2, -0.15) is 0 Å². The number of nitrogens with two attached hydrogens (primary N) is 1. The Morgan fingerprint density at radius 3 is 2.75 bits per heavy atom. The number of β-amino-alcohol motifs (C(OH)–C–C–N with tert-alkyl or cyclic N) is 1. The Morgan fingerprint density at radius 1 is 1.25 bits per heavy atom. The average molecular weight is 280 g/mol. The molecule has 8 nitrogen and oxygen atoms in total. The van der Waals surface area contributed by atoms with E-state index in [0.29, 0.717) is 12.2 Å². The van der Waals surface area contributed by atoms with Crippen molar-refractivity contribution < 1.29 is 10.3 Å². The first-order valence-corrected chi connectivity index (χ1v) is 6.62. The van der Waals surface area contributed by atoms with Crippen LogP contribution in [0.5, 0.6) is 0 Å². The summed E-state index contributed by atoms with van der Waals surface area (Å²) < 4.78 is 0. The molecule has 1 fully saturated rings. The molecule has 2 heterocycles. The topological polar surface area (TPSA) is 111 Å². The first-order valence-electron chi connectivity index (χ1n) is 6.62. The summed E-state index contributed by atoms with van der Waals surface area (Å²) in [6.45, 7) is 4.52. The molecule has 0 spiro atoms. The zero-order valence-corrected chi connectivity index (χ0v) is 11.3. The van der Waals surface area contributed by atoms with Crippen LogP contribution in [0.2, 0.25) is 0 Å². The molecule has 4 N–H and O–H groups in total. The highest BCUT2D eigenvalue weighted by Gasteiger charge is 2.16. The minimum absolute atomic E-state index is 0.0472. The van der Waals surface area contributed by atoms with Crippen molar-refractivity contribution in [1.29, 1.82) is 0 Å². The van der Waals surface area contributed by atoms with Crippen LogP contribution in [-0.2, 0) is 0 Å². The van der Waals surface area contributed by atoms with E-state index in [0.717, 1.165) is 38.4 Å². The van der Waals surface area contributed by atoms with Gasteiger partial charge in [0, 0.05) is 26.2 Å². The number of aliphatic hydroxyl groups is 1. The first kappa shape index (κ1) is 14.5. The predicted molar refractivity (Wildman–Crippen MR) is 74.9 cm³/mol. The third kappa shape index (κ3) is 3.55. The molecule has 0 unspecified atom stereocenters. The fourth-order valence-electron chi connectivity index (χ4n) is 2.23. The normalized spacial score (nSPS) is 18.1. The molecule has 1 aromatic heterocycles. The highest BCUT2D eigenvalue weighted by atomic mass is 16.4. The predicted octanol–water partition coefficient (Wildman–Crippen LogP) is -0.924. The van der Waals surface area contributed by atoms with Gasteiger partial charge in [-0.25, -0.2) is 9.97 Å². The molecule has 1 aliphatic heterocycles. The molecule has 20 heavy (non-hydrogen) atoms. The molecule has 1 aliphatic rings. The zero-order valence-electron chi connectivity index (χ0n) is 11.3. The largest absolute Gasteiger partial charge is 0.409 e. The van der Waals surface area contributed by atoms with Crippen molar-refractivity contribution in [2.45, 2.75) is 6.42 Å². The van der Waals surface area contributed by atoms with Gasteiger partial charge < -0.3 is 20.9 Å².